The number of amides is 2. The van der Waals surface area contributed by atoms with Crippen molar-refractivity contribution >= 4 is 35.0 Å². The number of rotatable bonds is 6. The summed E-state index contributed by atoms with van der Waals surface area (Å²) in [5.74, 6) is 0.244. The summed E-state index contributed by atoms with van der Waals surface area (Å²) < 4.78 is 24.8. The van der Waals surface area contributed by atoms with Gasteiger partial charge in [-0.1, -0.05) is 24.3 Å². The molecule has 1 heterocycles. The van der Waals surface area contributed by atoms with Crippen molar-refractivity contribution in [3.05, 3.63) is 83.2 Å². The van der Waals surface area contributed by atoms with E-state index in [1.807, 2.05) is 18.2 Å². The van der Waals surface area contributed by atoms with E-state index in [9.17, 15) is 14.0 Å². The van der Waals surface area contributed by atoms with Crippen molar-refractivity contribution in [3.63, 3.8) is 0 Å². The number of aryl methyl sites for hydroxylation is 1. The quantitative estimate of drug-likeness (QED) is 0.542. The lowest BCUT2D eigenvalue weighted by atomic mass is 10.1. The number of hydrogen-bond donors (Lipinski definition) is 1. The van der Waals surface area contributed by atoms with Crippen LogP contribution in [0.25, 0.3) is 0 Å². The maximum atomic E-state index is 14.2. The van der Waals surface area contributed by atoms with Crippen molar-refractivity contribution in [1.29, 1.82) is 0 Å². The molecule has 1 atom stereocenters. The van der Waals surface area contributed by atoms with Crippen LogP contribution >= 0.6 is 11.8 Å². The minimum atomic E-state index is -0.380. The number of carbonyl (C=O) groups excluding carboxylic acids is 2. The van der Waals surface area contributed by atoms with E-state index in [0.29, 0.717) is 28.4 Å². The molecule has 3 aromatic rings. The summed E-state index contributed by atoms with van der Waals surface area (Å²) in [6.45, 7) is 1.68. The van der Waals surface area contributed by atoms with Crippen molar-refractivity contribution in [2.75, 3.05) is 30.2 Å². The number of nitrogens with zero attached hydrogens (tertiary/aromatic N) is 1. The van der Waals surface area contributed by atoms with E-state index in [0.717, 1.165) is 5.56 Å². The van der Waals surface area contributed by atoms with Crippen LogP contribution in [0.15, 0.2) is 60.7 Å². The van der Waals surface area contributed by atoms with Gasteiger partial charge in [0.15, 0.2) is 0 Å². The van der Waals surface area contributed by atoms with Crippen LogP contribution in [0, 0.1) is 12.7 Å². The van der Waals surface area contributed by atoms with Gasteiger partial charge in [-0.05, 0) is 54.4 Å². The second kappa shape index (κ2) is 9.54. The van der Waals surface area contributed by atoms with Crippen LogP contribution in [-0.4, -0.2) is 31.8 Å². The molecule has 33 heavy (non-hydrogen) atoms. The highest BCUT2D eigenvalue weighted by atomic mass is 32.2. The summed E-state index contributed by atoms with van der Waals surface area (Å²) in [6, 6.07) is 17.2. The Hall–Kier alpha value is -3.52. The second-order valence-electron chi connectivity index (χ2n) is 7.48. The zero-order chi connectivity index (χ0) is 23.5. The highest BCUT2D eigenvalue weighted by Gasteiger charge is 2.34. The van der Waals surface area contributed by atoms with Crippen LogP contribution in [0.5, 0.6) is 11.5 Å². The first-order valence-electron chi connectivity index (χ1n) is 10.2. The Kier molecular flexibility index (Phi) is 6.55. The Morgan fingerprint density at radius 3 is 2.42 bits per heavy atom. The normalized spacial score (nSPS) is 15.5. The zero-order valence-corrected chi connectivity index (χ0v) is 19.2. The van der Waals surface area contributed by atoms with E-state index in [-0.39, 0.29) is 34.3 Å². The molecule has 1 fully saturated rings. The predicted octanol–water partition coefficient (Wildman–Crippen LogP) is 5.18. The number of carbonyl (C=O) groups is 2. The Morgan fingerprint density at radius 2 is 1.76 bits per heavy atom. The van der Waals surface area contributed by atoms with Crippen LogP contribution in [0.1, 0.15) is 26.9 Å². The van der Waals surface area contributed by atoms with Crippen molar-refractivity contribution in [1.82, 2.24) is 0 Å². The third kappa shape index (κ3) is 4.52. The molecule has 6 nitrogen and oxygen atoms in total. The van der Waals surface area contributed by atoms with Crippen LogP contribution in [0.2, 0.25) is 0 Å². The molecule has 0 aromatic heterocycles. The summed E-state index contributed by atoms with van der Waals surface area (Å²) in [6.07, 6.45) is 0. The molecular formula is C25H23FN2O4S. The molecule has 0 aliphatic carbocycles. The third-order valence-corrected chi connectivity index (χ3v) is 6.60. The molecule has 0 radical (unpaired) electrons. The summed E-state index contributed by atoms with van der Waals surface area (Å²) >= 11 is 1.45. The average Bonchev–Trinajstić information content (AvgIpc) is 3.21. The maximum Gasteiger partial charge on any atom is 0.263 e. The number of halogens is 1. The van der Waals surface area contributed by atoms with Gasteiger partial charge in [-0.25, -0.2) is 4.39 Å². The highest BCUT2D eigenvalue weighted by Crippen LogP contribution is 2.42. The molecular weight excluding hydrogens is 443 g/mol. The van der Waals surface area contributed by atoms with E-state index in [2.05, 4.69) is 5.32 Å². The fourth-order valence-corrected chi connectivity index (χ4v) is 4.89. The Labute approximate surface area is 195 Å². The maximum absolute atomic E-state index is 14.2. The zero-order valence-electron chi connectivity index (χ0n) is 18.4. The topological polar surface area (TPSA) is 67.9 Å². The molecule has 8 heteroatoms. The van der Waals surface area contributed by atoms with Crippen LogP contribution in [-0.2, 0) is 4.79 Å². The fraction of sp³-hybridized carbons (Fsp3) is 0.200. The molecule has 1 aliphatic heterocycles. The molecule has 0 spiro atoms. The molecule has 1 N–H and O–H groups in total. The van der Waals surface area contributed by atoms with Crippen LogP contribution < -0.4 is 19.7 Å². The van der Waals surface area contributed by atoms with Crippen molar-refractivity contribution < 1.29 is 23.5 Å². The van der Waals surface area contributed by atoms with E-state index < -0.39 is 0 Å². The molecule has 0 bridgehead atoms. The van der Waals surface area contributed by atoms with Gasteiger partial charge in [-0.3, -0.25) is 14.5 Å². The smallest absolute Gasteiger partial charge is 0.263 e. The second-order valence-corrected chi connectivity index (χ2v) is 8.55. The molecule has 1 unspecified atom stereocenters. The lowest BCUT2D eigenvalue weighted by Gasteiger charge is -2.25. The van der Waals surface area contributed by atoms with Crippen molar-refractivity contribution in [3.8, 4) is 11.5 Å². The highest BCUT2D eigenvalue weighted by molar-refractivity contribution is 8.00. The standard InChI is InChI=1S/C25H23FN2O4S/c1-15-10-11-18(13-19(15)26)28-22(29)14-33-25(28)16-6-4-7-17(12-16)27-24(30)23-20(31-2)8-5-9-21(23)32-3/h4-13,25H,14H2,1-3H3,(H,27,30). The summed E-state index contributed by atoms with van der Waals surface area (Å²) in [4.78, 5) is 27.3. The van der Waals surface area contributed by atoms with Gasteiger partial charge in [-0.15, -0.1) is 11.8 Å². The van der Waals surface area contributed by atoms with Gasteiger partial charge in [0, 0.05) is 11.4 Å². The van der Waals surface area contributed by atoms with Crippen molar-refractivity contribution in [2.24, 2.45) is 0 Å². The number of hydrogen-bond acceptors (Lipinski definition) is 5. The lowest BCUT2D eigenvalue weighted by Crippen LogP contribution is -2.28. The molecule has 0 saturated carbocycles. The molecule has 4 rings (SSSR count). The first-order chi connectivity index (χ1) is 15.9. The van der Waals surface area contributed by atoms with Gasteiger partial charge in [0.2, 0.25) is 5.91 Å². The van der Waals surface area contributed by atoms with Gasteiger partial charge in [0.05, 0.1) is 20.0 Å². The van der Waals surface area contributed by atoms with E-state index >= 15 is 0 Å². The summed E-state index contributed by atoms with van der Waals surface area (Å²) in [5.41, 5.74) is 2.68. The molecule has 2 amide bonds. The van der Waals surface area contributed by atoms with Gasteiger partial charge in [0.1, 0.15) is 28.3 Å². The number of anilines is 2. The first-order valence-corrected chi connectivity index (χ1v) is 11.3. The van der Waals surface area contributed by atoms with Crippen LogP contribution in [0.3, 0.4) is 0 Å². The molecule has 1 saturated heterocycles. The van der Waals surface area contributed by atoms with Crippen LogP contribution in [0.4, 0.5) is 15.8 Å². The minimum Gasteiger partial charge on any atom is -0.496 e. The Morgan fingerprint density at radius 1 is 1.06 bits per heavy atom. The third-order valence-electron chi connectivity index (χ3n) is 5.39. The van der Waals surface area contributed by atoms with E-state index in [1.54, 1.807) is 48.2 Å². The summed E-state index contributed by atoms with van der Waals surface area (Å²) in [5, 5.41) is 2.55. The lowest BCUT2D eigenvalue weighted by molar-refractivity contribution is -0.115. The minimum absolute atomic E-state index is 0.0959. The molecule has 1 aliphatic rings. The number of nitrogens with one attached hydrogen (secondary N) is 1. The Bertz CT molecular complexity index is 1190. The van der Waals surface area contributed by atoms with E-state index in [1.165, 1.54) is 32.0 Å². The number of methoxy groups -OCH3 is 2. The van der Waals surface area contributed by atoms with Crippen molar-refractivity contribution in [2.45, 2.75) is 12.3 Å². The van der Waals surface area contributed by atoms with E-state index in [4.69, 9.17) is 9.47 Å². The SMILES string of the molecule is COc1cccc(OC)c1C(=O)Nc1cccc(C2SCC(=O)N2c2ccc(C)c(F)c2)c1. The number of benzene rings is 3. The fourth-order valence-electron chi connectivity index (χ4n) is 3.72. The predicted molar refractivity (Wildman–Crippen MR) is 128 cm³/mol. The number of thioether (sulfide) groups is 1. The number of ether oxygens (including phenoxy) is 2. The average molecular weight is 467 g/mol. The van der Waals surface area contributed by atoms with Gasteiger partial charge >= 0.3 is 0 Å². The Balaban J connectivity index is 1.62. The molecule has 3 aromatic carbocycles. The van der Waals surface area contributed by atoms with Gasteiger partial charge in [0.25, 0.3) is 5.91 Å². The van der Waals surface area contributed by atoms with Gasteiger partial charge in [-0.2, -0.15) is 0 Å². The van der Waals surface area contributed by atoms with Gasteiger partial charge < -0.3 is 14.8 Å². The monoisotopic (exact) mass is 466 g/mol. The largest absolute Gasteiger partial charge is 0.496 e. The summed E-state index contributed by atoms with van der Waals surface area (Å²) in [7, 11) is 2.98. The first kappa shape index (κ1) is 22.7. The molecule has 170 valence electrons.